The second-order valence-electron chi connectivity index (χ2n) is 4.37. The van der Waals surface area contributed by atoms with Crippen molar-refractivity contribution in [2.45, 2.75) is 26.7 Å². The Morgan fingerprint density at radius 2 is 1.95 bits per heavy atom. The van der Waals surface area contributed by atoms with E-state index in [9.17, 15) is 0 Å². The number of aromatic nitrogens is 2. The summed E-state index contributed by atoms with van der Waals surface area (Å²) in [5.74, 6) is 1.85. The van der Waals surface area contributed by atoms with Crippen molar-refractivity contribution >= 4 is 21.7 Å². The van der Waals surface area contributed by atoms with Crippen LogP contribution in [0.4, 0.5) is 5.82 Å². The van der Waals surface area contributed by atoms with E-state index in [0.29, 0.717) is 18.2 Å². The number of hydrogen-bond acceptors (Lipinski definition) is 4. The van der Waals surface area contributed by atoms with Crippen molar-refractivity contribution in [1.82, 2.24) is 9.97 Å². The smallest absolute Gasteiger partial charge is 0.165 e. The lowest BCUT2D eigenvalue weighted by Crippen LogP contribution is -2.04. The highest BCUT2D eigenvalue weighted by atomic mass is 79.9. The monoisotopic (exact) mass is 335 g/mol. The molecule has 5 heteroatoms. The molecule has 0 aliphatic carbocycles. The predicted octanol–water partition coefficient (Wildman–Crippen LogP) is 3.84. The number of halogens is 1. The molecular weight excluding hydrogens is 318 g/mol. The van der Waals surface area contributed by atoms with E-state index in [2.05, 4.69) is 32.8 Å². The molecule has 20 heavy (non-hydrogen) atoms. The van der Waals surface area contributed by atoms with Gasteiger partial charge in [-0.1, -0.05) is 25.5 Å². The lowest BCUT2D eigenvalue weighted by Gasteiger charge is -2.12. The van der Waals surface area contributed by atoms with Gasteiger partial charge in [-0.25, -0.2) is 9.97 Å². The van der Waals surface area contributed by atoms with Crippen LogP contribution in [0.25, 0.3) is 11.4 Å². The zero-order valence-electron chi connectivity index (χ0n) is 11.7. The molecule has 2 N–H and O–H groups in total. The van der Waals surface area contributed by atoms with Gasteiger partial charge in [0.1, 0.15) is 11.6 Å². The van der Waals surface area contributed by atoms with Crippen LogP contribution in [0.2, 0.25) is 0 Å². The van der Waals surface area contributed by atoms with Gasteiger partial charge in [0, 0.05) is 0 Å². The number of hydrogen-bond donors (Lipinski definition) is 1. The fraction of sp³-hybridized carbons (Fsp3) is 0.333. The summed E-state index contributed by atoms with van der Waals surface area (Å²) in [6, 6.07) is 7.74. The normalized spacial score (nSPS) is 10.6. The lowest BCUT2D eigenvalue weighted by atomic mass is 10.1. The molecule has 106 valence electrons. The zero-order valence-corrected chi connectivity index (χ0v) is 13.3. The highest BCUT2D eigenvalue weighted by Crippen LogP contribution is 2.31. The Morgan fingerprint density at radius 3 is 2.65 bits per heavy atom. The summed E-state index contributed by atoms with van der Waals surface area (Å²) in [6.45, 7) is 4.67. The highest BCUT2D eigenvalue weighted by Gasteiger charge is 2.14. The van der Waals surface area contributed by atoms with Crippen molar-refractivity contribution in [3.63, 3.8) is 0 Å². The minimum absolute atomic E-state index is 0.463. The first-order valence-corrected chi connectivity index (χ1v) is 7.50. The van der Waals surface area contributed by atoms with Gasteiger partial charge in [0.2, 0.25) is 0 Å². The molecule has 0 spiro atoms. The number of benzene rings is 1. The third-order valence-electron chi connectivity index (χ3n) is 2.86. The van der Waals surface area contributed by atoms with Crippen LogP contribution in [0.15, 0.2) is 28.7 Å². The van der Waals surface area contributed by atoms with Crippen molar-refractivity contribution in [2.24, 2.45) is 0 Å². The van der Waals surface area contributed by atoms with Crippen LogP contribution in [-0.2, 0) is 6.42 Å². The van der Waals surface area contributed by atoms with Crippen LogP contribution < -0.4 is 10.5 Å². The molecule has 0 fully saturated rings. The minimum atomic E-state index is 0.463. The number of nitrogens with zero attached hydrogens (tertiary/aromatic N) is 2. The highest BCUT2D eigenvalue weighted by molar-refractivity contribution is 9.10. The molecule has 0 atom stereocenters. The fourth-order valence-corrected chi connectivity index (χ4v) is 2.34. The molecule has 0 aliphatic heterocycles. The van der Waals surface area contributed by atoms with Crippen molar-refractivity contribution in [3.8, 4) is 17.1 Å². The molecule has 1 aromatic heterocycles. The summed E-state index contributed by atoms with van der Waals surface area (Å²) in [4.78, 5) is 8.99. The van der Waals surface area contributed by atoms with Gasteiger partial charge in [-0.2, -0.15) is 0 Å². The second-order valence-corrected chi connectivity index (χ2v) is 5.17. The molecule has 0 unspecified atom stereocenters. The fourth-order valence-electron chi connectivity index (χ4n) is 1.97. The van der Waals surface area contributed by atoms with Crippen LogP contribution in [-0.4, -0.2) is 16.6 Å². The SMILES string of the molecule is CCCc1nc(-c2ccccc2OCC)nc(N)c1Br. The number of aryl methyl sites for hydroxylation is 1. The first-order chi connectivity index (χ1) is 9.67. The van der Waals surface area contributed by atoms with Crippen LogP contribution in [0, 0.1) is 0 Å². The number of rotatable bonds is 5. The lowest BCUT2D eigenvalue weighted by molar-refractivity contribution is 0.341. The van der Waals surface area contributed by atoms with E-state index in [1.807, 2.05) is 31.2 Å². The van der Waals surface area contributed by atoms with E-state index in [1.165, 1.54) is 0 Å². The Balaban J connectivity index is 2.52. The number of para-hydroxylation sites is 1. The number of nitrogen functional groups attached to an aromatic ring is 1. The topological polar surface area (TPSA) is 61.0 Å². The van der Waals surface area contributed by atoms with E-state index in [1.54, 1.807) is 0 Å². The molecule has 0 saturated carbocycles. The summed E-state index contributed by atoms with van der Waals surface area (Å²) in [6.07, 6.45) is 1.86. The Labute approximate surface area is 127 Å². The molecule has 0 saturated heterocycles. The molecule has 0 radical (unpaired) electrons. The maximum Gasteiger partial charge on any atom is 0.165 e. The van der Waals surface area contributed by atoms with E-state index in [-0.39, 0.29) is 0 Å². The standard InChI is InChI=1S/C15H18BrN3O/c1-3-7-11-13(16)14(17)19-15(18-11)10-8-5-6-9-12(10)20-4-2/h5-6,8-9H,3-4,7H2,1-2H3,(H2,17,18,19). The Kier molecular flexibility index (Phi) is 4.95. The maximum absolute atomic E-state index is 5.97. The largest absolute Gasteiger partial charge is 0.493 e. The summed E-state index contributed by atoms with van der Waals surface area (Å²) in [7, 11) is 0. The van der Waals surface area contributed by atoms with Gasteiger partial charge in [0.15, 0.2) is 5.82 Å². The van der Waals surface area contributed by atoms with Crippen LogP contribution in [0.1, 0.15) is 26.0 Å². The number of ether oxygens (including phenoxy) is 1. The van der Waals surface area contributed by atoms with Gasteiger partial charge in [0.25, 0.3) is 0 Å². The minimum Gasteiger partial charge on any atom is -0.493 e. The Bertz CT molecular complexity index is 602. The average Bonchev–Trinajstić information content (AvgIpc) is 2.45. The van der Waals surface area contributed by atoms with Crippen LogP contribution >= 0.6 is 15.9 Å². The Hall–Kier alpha value is -1.62. The van der Waals surface area contributed by atoms with Gasteiger partial charge in [-0.05, 0) is 41.4 Å². The molecule has 0 amide bonds. The maximum atomic E-state index is 5.97. The van der Waals surface area contributed by atoms with Gasteiger partial charge in [-0.3, -0.25) is 0 Å². The molecule has 1 heterocycles. The van der Waals surface area contributed by atoms with Crippen molar-refractivity contribution in [2.75, 3.05) is 12.3 Å². The summed E-state index contributed by atoms with van der Waals surface area (Å²) < 4.78 is 6.42. The third kappa shape index (κ3) is 3.10. The molecule has 2 rings (SSSR count). The Morgan fingerprint density at radius 1 is 1.20 bits per heavy atom. The molecule has 4 nitrogen and oxygen atoms in total. The summed E-state index contributed by atoms with van der Waals surface area (Å²) in [5, 5.41) is 0. The molecule has 2 aromatic rings. The number of anilines is 1. The second kappa shape index (κ2) is 6.70. The molecular formula is C15H18BrN3O. The van der Waals surface area contributed by atoms with Gasteiger partial charge in [-0.15, -0.1) is 0 Å². The van der Waals surface area contributed by atoms with Gasteiger partial charge < -0.3 is 10.5 Å². The van der Waals surface area contributed by atoms with E-state index >= 15 is 0 Å². The summed E-state index contributed by atoms with van der Waals surface area (Å²) >= 11 is 3.46. The molecule has 1 aromatic carbocycles. The van der Waals surface area contributed by atoms with Crippen LogP contribution in [0.3, 0.4) is 0 Å². The predicted molar refractivity (Wildman–Crippen MR) is 84.7 cm³/mol. The van der Waals surface area contributed by atoms with E-state index in [0.717, 1.165) is 34.3 Å². The summed E-state index contributed by atoms with van der Waals surface area (Å²) in [5.41, 5.74) is 7.77. The number of nitrogens with two attached hydrogens (primary N) is 1. The van der Waals surface area contributed by atoms with Crippen molar-refractivity contribution in [3.05, 3.63) is 34.4 Å². The zero-order chi connectivity index (χ0) is 14.5. The molecule has 0 bridgehead atoms. The van der Waals surface area contributed by atoms with Crippen LogP contribution in [0.5, 0.6) is 5.75 Å². The average molecular weight is 336 g/mol. The van der Waals surface area contributed by atoms with Gasteiger partial charge in [0.05, 0.1) is 22.3 Å². The van der Waals surface area contributed by atoms with Gasteiger partial charge >= 0.3 is 0 Å². The first kappa shape index (κ1) is 14.8. The first-order valence-electron chi connectivity index (χ1n) is 6.71. The third-order valence-corrected chi connectivity index (χ3v) is 3.72. The van der Waals surface area contributed by atoms with Crippen molar-refractivity contribution in [1.29, 1.82) is 0 Å². The quantitative estimate of drug-likeness (QED) is 0.901. The molecule has 0 aliphatic rings. The van der Waals surface area contributed by atoms with E-state index < -0.39 is 0 Å². The van der Waals surface area contributed by atoms with E-state index in [4.69, 9.17) is 10.5 Å². The van der Waals surface area contributed by atoms with Crippen molar-refractivity contribution < 1.29 is 4.74 Å².